The van der Waals surface area contributed by atoms with E-state index in [4.69, 9.17) is 0 Å². The highest BCUT2D eigenvalue weighted by molar-refractivity contribution is 9.10. The van der Waals surface area contributed by atoms with Gasteiger partial charge in [0.15, 0.2) is 0 Å². The normalized spacial score (nSPS) is 12.2. The zero-order chi connectivity index (χ0) is 15.2. The SMILES string of the molecule is CCNCc1ccc(CN(C)CCC(F)(F)F)c(Br)c1. The zero-order valence-corrected chi connectivity index (χ0v) is 13.3. The number of halogens is 4. The quantitative estimate of drug-likeness (QED) is 0.799. The average molecular weight is 353 g/mol. The first kappa shape index (κ1) is 17.5. The van der Waals surface area contributed by atoms with E-state index in [1.807, 2.05) is 25.1 Å². The summed E-state index contributed by atoms with van der Waals surface area (Å²) in [5.41, 5.74) is 2.15. The molecule has 0 atom stereocenters. The summed E-state index contributed by atoms with van der Waals surface area (Å²) in [4.78, 5) is 1.68. The van der Waals surface area contributed by atoms with Crippen molar-refractivity contribution in [1.29, 1.82) is 0 Å². The summed E-state index contributed by atoms with van der Waals surface area (Å²) in [5, 5.41) is 3.23. The minimum atomic E-state index is -4.10. The van der Waals surface area contributed by atoms with Crippen molar-refractivity contribution < 1.29 is 13.2 Å². The van der Waals surface area contributed by atoms with Crippen molar-refractivity contribution >= 4 is 15.9 Å². The molecule has 0 radical (unpaired) electrons. The van der Waals surface area contributed by atoms with Gasteiger partial charge in [-0.2, -0.15) is 13.2 Å². The molecule has 0 bridgehead atoms. The molecule has 1 N–H and O–H groups in total. The topological polar surface area (TPSA) is 15.3 Å². The second kappa shape index (κ2) is 8.00. The molecule has 1 aromatic rings. The van der Waals surface area contributed by atoms with Gasteiger partial charge in [0.25, 0.3) is 0 Å². The first-order chi connectivity index (χ1) is 9.31. The molecule has 0 heterocycles. The molecule has 0 amide bonds. The van der Waals surface area contributed by atoms with Gasteiger partial charge in [-0.25, -0.2) is 0 Å². The van der Waals surface area contributed by atoms with E-state index in [2.05, 4.69) is 21.2 Å². The summed E-state index contributed by atoms with van der Waals surface area (Å²) in [6, 6.07) is 5.97. The molecule has 1 rings (SSSR count). The van der Waals surface area contributed by atoms with Crippen LogP contribution in [0.3, 0.4) is 0 Å². The highest BCUT2D eigenvalue weighted by Crippen LogP contribution is 2.22. The second-order valence-electron chi connectivity index (χ2n) is 4.81. The predicted octanol–water partition coefficient (Wildman–Crippen LogP) is 3.94. The monoisotopic (exact) mass is 352 g/mol. The van der Waals surface area contributed by atoms with E-state index in [0.717, 1.165) is 28.7 Å². The molecule has 2 nitrogen and oxygen atoms in total. The summed E-state index contributed by atoms with van der Waals surface area (Å²) < 4.78 is 37.4. The fourth-order valence-corrected chi connectivity index (χ4v) is 2.34. The lowest BCUT2D eigenvalue weighted by Gasteiger charge is -2.19. The molecule has 114 valence electrons. The third kappa shape index (κ3) is 6.72. The molecule has 0 fully saturated rings. The van der Waals surface area contributed by atoms with Crippen LogP contribution in [-0.2, 0) is 13.1 Å². The summed E-state index contributed by atoms with van der Waals surface area (Å²) >= 11 is 3.48. The molecule has 0 aliphatic rings. The molecule has 0 aliphatic heterocycles. The zero-order valence-electron chi connectivity index (χ0n) is 11.7. The Labute approximate surface area is 126 Å². The smallest absolute Gasteiger partial charge is 0.313 e. The van der Waals surface area contributed by atoms with Crippen LogP contribution in [0.2, 0.25) is 0 Å². The standard InChI is InChI=1S/C14H20BrF3N2/c1-3-19-9-11-4-5-12(13(15)8-11)10-20(2)7-6-14(16,17)18/h4-5,8,19H,3,6-7,9-10H2,1-2H3. The Morgan fingerprint density at radius 2 is 2.00 bits per heavy atom. The Bertz CT molecular complexity index is 421. The van der Waals surface area contributed by atoms with Crippen LogP contribution in [-0.4, -0.2) is 31.2 Å². The molecule has 0 spiro atoms. The molecule has 0 saturated heterocycles. The van der Waals surface area contributed by atoms with Crippen LogP contribution in [0.1, 0.15) is 24.5 Å². The first-order valence-corrected chi connectivity index (χ1v) is 7.34. The molecule has 6 heteroatoms. The van der Waals surface area contributed by atoms with E-state index in [1.165, 1.54) is 0 Å². The van der Waals surface area contributed by atoms with Crippen molar-refractivity contribution in [2.45, 2.75) is 32.6 Å². The summed E-state index contributed by atoms with van der Waals surface area (Å²) in [6.45, 7) is 4.24. The molecule has 0 aliphatic carbocycles. The van der Waals surface area contributed by atoms with Gasteiger partial charge in [0.05, 0.1) is 6.42 Å². The number of hydrogen-bond acceptors (Lipinski definition) is 2. The lowest BCUT2D eigenvalue weighted by molar-refractivity contribution is -0.137. The average Bonchev–Trinajstić information content (AvgIpc) is 2.36. The molecule has 0 saturated carbocycles. The largest absolute Gasteiger partial charge is 0.390 e. The highest BCUT2D eigenvalue weighted by Gasteiger charge is 2.27. The van der Waals surface area contributed by atoms with Crippen molar-refractivity contribution in [3.8, 4) is 0 Å². The van der Waals surface area contributed by atoms with Gasteiger partial charge in [-0.05, 0) is 30.8 Å². The van der Waals surface area contributed by atoms with E-state index in [-0.39, 0.29) is 6.54 Å². The lowest BCUT2D eigenvalue weighted by Crippen LogP contribution is -2.24. The van der Waals surface area contributed by atoms with E-state index in [1.54, 1.807) is 11.9 Å². The number of nitrogens with one attached hydrogen (secondary N) is 1. The van der Waals surface area contributed by atoms with Crippen molar-refractivity contribution in [3.05, 3.63) is 33.8 Å². The maximum atomic E-state index is 12.2. The minimum absolute atomic E-state index is 0.00901. The van der Waals surface area contributed by atoms with Crippen molar-refractivity contribution in [1.82, 2.24) is 10.2 Å². The molecular weight excluding hydrogens is 333 g/mol. The molecule has 20 heavy (non-hydrogen) atoms. The van der Waals surface area contributed by atoms with Crippen LogP contribution in [0.4, 0.5) is 13.2 Å². The van der Waals surface area contributed by atoms with Crippen molar-refractivity contribution in [3.63, 3.8) is 0 Å². The third-order valence-electron chi connectivity index (χ3n) is 2.91. The number of alkyl halides is 3. The van der Waals surface area contributed by atoms with Gasteiger partial charge >= 0.3 is 6.18 Å². The molecule has 0 unspecified atom stereocenters. The van der Waals surface area contributed by atoms with Gasteiger partial charge in [0, 0.05) is 24.1 Å². The Morgan fingerprint density at radius 3 is 2.55 bits per heavy atom. The molecule has 0 aromatic heterocycles. The number of hydrogen-bond donors (Lipinski definition) is 1. The van der Waals surface area contributed by atoms with Crippen LogP contribution >= 0.6 is 15.9 Å². The predicted molar refractivity (Wildman–Crippen MR) is 78.5 cm³/mol. The Morgan fingerprint density at radius 1 is 1.30 bits per heavy atom. The number of nitrogens with zero attached hydrogens (tertiary/aromatic N) is 1. The Hall–Kier alpha value is -0.590. The molecular formula is C14H20BrF3N2. The van der Waals surface area contributed by atoms with Gasteiger partial charge in [-0.3, -0.25) is 0 Å². The maximum Gasteiger partial charge on any atom is 0.390 e. The van der Waals surface area contributed by atoms with Crippen LogP contribution in [0.25, 0.3) is 0 Å². The van der Waals surface area contributed by atoms with Crippen molar-refractivity contribution in [2.24, 2.45) is 0 Å². The fraction of sp³-hybridized carbons (Fsp3) is 0.571. The Kier molecular flexibility index (Phi) is 6.99. The van der Waals surface area contributed by atoms with Crippen molar-refractivity contribution in [2.75, 3.05) is 20.1 Å². The van der Waals surface area contributed by atoms with Gasteiger partial charge < -0.3 is 10.2 Å². The Balaban J connectivity index is 2.55. The summed E-state index contributed by atoms with van der Waals surface area (Å²) in [7, 11) is 1.70. The highest BCUT2D eigenvalue weighted by atomic mass is 79.9. The lowest BCUT2D eigenvalue weighted by atomic mass is 10.1. The van der Waals surface area contributed by atoms with Gasteiger partial charge in [-0.15, -0.1) is 0 Å². The summed E-state index contributed by atoms with van der Waals surface area (Å²) in [5.74, 6) is 0. The van der Waals surface area contributed by atoms with Crippen LogP contribution in [0.15, 0.2) is 22.7 Å². The fourth-order valence-electron chi connectivity index (χ4n) is 1.79. The van der Waals surface area contributed by atoms with E-state index >= 15 is 0 Å². The van der Waals surface area contributed by atoms with Gasteiger partial charge in [-0.1, -0.05) is 35.0 Å². The van der Waals surface area contributed by atoms with E-state index in [9.17, 15) is 13.2 Å². The second-order valence-corrected chi connectivity index (χ2v) is 5.66. The van der Waals surface area contributed by atoms with E-state index < -0.39 is 12.6 Å². The first-order valence-electron chi connectivity index (χ1n) is 6.55. The summed E-state index contributed by atoms with van der Waals surface area (Å²) in [6.07, 6.45) is -4.87. The van der Waals surface area contributed by atoms with Crippen LogP contribution in [0, 0.1) is 0 Å². The molecule has 1 aromatic carbocycles. The van der Waals surface area contributed by atoms with E-state index in [0.29, 0.717) is 6.54 Å². The maximum absolute atomic E-state index is 12.2. The number of benzene rings is 1. The van der Waals surface area contributed by atoms with Gasteiger partial charge in [0.1, 0.15) is 0 Å². The van der Waals surface area contributed by atoms with Gasteiger partial charge in [0.2, 0.25) is 0 Å². The minimum Gasteiger partial charge on any atom is -0.313 e. The number of rotatable bonds is 7. The van der Waals surface area contributed by atoms with Crippen LogP contribution < -0.4 is 5.32 Å². The van der Waals surface area contributed by atoms with Crippen LogP contribution in [0.5, 0.6) is 0 Å². The third-order valence-corrected chi connectivity index (χ3v) is 3.65.